The Kier molecular flexibility index (Phi) is 9.95. The first-order chi connectivity index (χ1) is 12.7. The van der Waals surface area contributed by atoms with Crippen LogP contribution < -0.4 is 10.6 Å². The van der Waals surface area contributed by atoms with E-state index in [0.29, 0.717) is 5.92 Å². The predicted octanol–water partition coefficient (Wildman–Crippen LogP) is 2.69. The van der Waals surface area contributed by atoms with Crippen LogP contribution in [0.15, 0.2) is 4.99 Å². The van der Waals surface area contributed by atoms with Crippen LogP contribution in [-0.2, 0) is 15.9 Å². The molecule has 0 aliphatic carbocycles. The second kappa shape index (κ2) is 12.3. The van der Waals surface area contributed by atoms with Crippen LogP contribution in [0.3, 0.4) is 0 Å². The zero-order valence-electron chi connectivity index (χ0n) is 16.5. The number of nitrogens with zero attached hydrogens (tertiary/aromatic N) is 2. The van der Waals surface area contributed by atoms with Gasteiger partial charge in [0.1, 0.15) is 0 Å². The molecule has 2 heterocycles. The molecule has 1 saturated heterocycles. The molecular formula is C19H34N4O2S. The molecule has 0 spiro atoms. The fourth-order valence-corrected chi connectivity index (χ4v) is 3.73. The van der Waals surface area contributed by atoms with Gasteiger partial charge in [-0.2, -0.15) is 0 Å². The third-order valence-corrected chi connectivity index (χ3v) is 5.59. The van der Waals surface area contributed by atoms with Crippen molar-refractivity contribution < 1.29 is 9.47 Å². The van der Waals surface area contributed by atoms with Crippen molar-refractivity contribution in [2.24, 2.45) is 10.9 Å². The largest absolute Gasteiger partial charge is 0.381 e. The Morgan fingerprint density at radius 3 is 2.81 bits per heavy atom. The molecule has 0 aromatic carbocycles. The van der Waals surface area contributed by atoms with Crippen LogP contribution in [0.1, 0.15) is 41.8 Å². The van der Waals surface area contributed by atoms with E-state index in [9.17, 15) is 0 Å². The van der Waals surface area contributed by atoms with Gasteiger partial charge in [0, 0.05) is 57.4 Å². The van der Waals surface area contributed by atoms with E-state index in [-0.39, 0.29) is 0 Å². The van der Waals surface area contributed by atoms with Crippen molar-refractivity contribution in [3.8, 4) is 0 Å². The Bertz CT molecular complexity index is 522. The van der Waals surface area contributed by atoms with Crippen molar-refractivity contribution in [1.29, 1.82) is 0 Å². The molecule has 2 N–H and O–H groups in total. The Labute approximate surface area is 161 Å². The number of hydrogen-bond donors (Lipinski definition) is 2. The molecule has 1 fully saturated rings. The van der Waals surface area contributed by atoms with Crippen molar-refractivity contribution >= 4 is 17.3 Å². The van der Waals surface area contributed by atoms with E-state index in [1.54, 1.807) is 11.3 Å². The third-order valence-electron chi connectivity index (χ3n) is 4.46. The monoisotopic (exact) mass is 382 g/mol. The number of hydrogen-bond acceptors (Lipinski definition) is 5. The van der Waals surface area contributed by atoms with Crippen LogP contribution in [0, 0.1) is 19.8 Å². The highest BCUT2D eigenvalue weighted by molar-refractivity contribution is 7.11. The average Bonchev–Trinajstić information content (AvgIpc) is 2.96. The number of aliphatic imine (C=N–C) groups is 1. The summed E-state index contributed by atoms with van der Waals surface area (Å²) in [6, 6.07) is 0. The highest BCUT2D eigenvalue weighted by Gasteiger charge is 2.13. The van der Waals surface area contributed by atoms with Crippen LogP contribution in [-0.4, -0.2) is 57.0 Å². The molecule has 0 bridgehead atoms. The van der Waals surface area contributed by atoms with E-state index in [1.807, 2.05) is 0 Å². The minimum absolute atomic E-state index is 0.671. The molecule has 26 heavy (non-hydrogen) atoms. The fourth-order valence-electron chi connectivity index (χ4n) is 2.80. The molecule has 0 amide bonds. The molecule has 7 heteroatoms. The Morgan fingerprint density at radius 1 is 1.31 bits per heavy atom. The molecule has 148 valence electrons. The molecule has 1 aliphatic heterocycles. The first-order valence-corrected chi connectivity index (χ1v) is 10.6. The van der Waals surface area contributed by atoms with E-state index >= 15 is 0 Å². The Hall–Kier alpha value is -1.18. The highest BCUT2D eigenvalue weighted by Crippen LogP contribution is 2.16. The molecule has 0 atom stereocenters. The van der Waals surface area contributed by atoms with Gasteiger partial charge < -0.3 is 20.1 Å². The van der Waals surface area contributed by atoms with Crippen molar-refractivity contribution in [1.82, 2.24) is 15.6 Å². The van der Waals surface area contributed by atoms with Gasteiger partial charge in [-0.05, 0) is 46.0 Å². The zero-order chi connectivity index (χ0) is 18.6. The second-order valence-electron chi connectivity index (χ2n) is 6.67. The standard InChI is InChI=1S/C19H34N4O2S/c1-4-20-19(22-10-6-18-23-15(2)16(3)26-18)21-9-5-11-25-14-17-7-12-24-13-8-17/h17H,4-14H2,1-3H3,(H2,20,21,22). The topological polar surface area (TPSA) is 67.8 Å². The lowest BCUT2D eigenvalue weighted by atomic mass is 10.0. The van der Waals surface area contributed by atoms with Crippen LogP contribution in [0.5, 0.6) is 0 Å². The van der Waals surface area contributed by atoms with Gasteiger partial charge in [-0.1, -0.05) is 0 Å². The summed E-state index contributed by atoms with van der Waals surface area (Å²) < 4.78 is 11.2. The van der Waals surface area contributed by atoms with Crippen LogP contribution in [0.2, 0.25) is 0 Å². The summed E-state index contributed by atoms with van der Waals surface area (Å²) in [6.45, 7) is 12.2. The Morgan fingerprint density at radius 2 is 2.12 bits per heavy atom. The molecular weight excluding hydrogens is 348 g/mol. The smallest absolute Gasteiger partial charge is 0.191 e. The van der Waals surface area contributed by atoms with Gasteiger partial charge in [0.25, 0.3) is 0 Å². The van der Waals surface area contributed by atoms with Gasteiger partial charge >= 0.3 is 0 Å². The summed E-state index contributed by atoms with van der Waals surface area (Å²) in [5.41, 5.74) is 1.14. The van der Waals surface area contributed by atoms with Gasteiger partial charge in [-0.3, -0.25) is 4.99 Å². The quantitative estimate of drug-likeness (QED) is 0.370. The maximum absolute atomic E-state index is 5.79. The van der Waals surface area contributed by atoms with Gasteiger partial charge in [0.2, 0.25) is 0 Å². The van der Waals surface area contributed by atoms with Crippen molar-refractivity contribution in [2.75, 3.05) is 46.1 Å². The maximum Gasteiger partial charge on any atom is 0.191 e. The van der Waals surface area contributed by atoms with Crippen LogP contribution in [0.25, 0.3) is 0 Å². The number of thiazole rings is 1. The highest BCUT2D eigenvalue weighted by atomic mass is 32.1. The minimum atomic E-state index is 0.671. The van der Waals surface area contributed by atoms with E-state index in [1.165, 1.54) is 9.88 Å². The number of guanidine groups is 1. The number of ether oxygens (including phenoxy) is 2. The predicted molar refractivity (Wildman–Crippen MR) is 108 cm³/mol. The van der Waals surface area contributed by atoms with Gasteiger partial charge in [0.15, 0.2) is 5.96 Å². The molecule has 6 nitrogen and oxygen atoms in total. The number of nitrogens with one attached hydrogen (secondary N) is 2. The normalized spacial score (nSPS) is 16.0. The van der Waals surface area contributed by atoms with Crippen LogP contribution >= 0.6 is 11.3 Å². The number of aromatic nitrogens is 1. The van der Waals surface area contributed by atoms with E-state index < -0.39 is 0 Å². The summed E-state index contributed by atoms with van der Waals surface area (Å²) in [4.78, 5) is 10.5. The van der Waals surface area contributed by atoms with Crippen LogP contribution in [0.4, 0.5) is 0 Å². The summed E-state index contributed by atoms with van der Waals surface area (Å²) in [5.74, 6) is 1.55. The SMILES string of the molecule is CCNC(=NCCCOCC1CCOCC1)NCCc1nc(C)c(C)s1. The maximum atomic E-state index is 5.79. The molecule has 1 aromatic heterocycles. The van der Waals surface area contributed by atoms with E-state index in [2.05, 4.69) is 41.4 Å². The number of rotatable bonds is 10. The summed E-state index contributed by atoms with van der Waals surface area (Å²) in [6.07, 6.45) is 4.14. The van der Waals surface area contributed by atoms with Crippen molar-refractivity contribution in [3.63, 3.8) is 0 Å². The van der Waals surface area contributed by atoms with Gasteiger partial charge in [0.05, 0.1) is 10.7 Å². The molecule has 0 radical (unpaired) electrons. The van der Waals surface area contributed by atoms with Crippen molar-refractivity contribution in [2.45, 2.75) is 46.5 Å². The second-order valence-corrected chi connectivity index (χ2v) is 7.96. The van der Waals surface area contributed by atoms with Gasteiger partial charge in [-0.15, -0.1) is 11.3 Å². The van der Waals surface area contributed by atoms with Gasteiger partial charge in [-0.25, -0.2) is 4.98 Å². The zero-order valence-corrected chi connectivity index (χ0v) is 17.3. The number of aryl methyl sites for hydroxylation is 2. The summed E-state index contributed by atoms with van der Waals surface area (Å²) in [7, 11) is 0. The fraction of sp³-hybridized carbons (Fsp3) is 0.789. The molecule has 2 rings (SSSR count). The van der Waals surface area contributed by atoms with Crippen molar-refractivity contribution in [3.05, 3.63) is 15.6 Å². The minimum Gasteiger partial charge on any atom is -0.381 e. The molecule has 0 unspecified atom stereocenters. The molecule has 0 saturated carbocycles. The lowest BCUT2D eigenvalue weighted by molar-refractivity contribution is 0.0205. The van der Waals surface area contributed by atoms with E-state index in [0.717, 1.165) is 83.4 Å². The van der Waals surface area contributed by atoms with E-state index in [4.69, 9.17) is 9.47 Å². The Balaban J connectivity index is 1.59. The molecule has 1 aliphatic rings. The summed E-state index contributed by atoms with van der Waals surface area (Å²) in [5, 5.41) is 7.87. The first kappa shape index (κ1) is 21.1. The summed E-state index contributed by atoms with van der Waals surface area (Å²) >= 11 is 1.78. The first-order valence-electron chi connectivity index (χ1n) is 9.79. The lowest BCUT2D eigenvalue weighted by Crippen LogP contribution is -2.38. The lowest BCUT2D eigenvalue weighted by Gasteiger charge is -2.21. The molecule has 1 aromatic rings. The third kappa shape index (κ3) is 8.01. The average molecular weight is 383 g/mol.